The third-order valence-corrected chi connectivity index (χ3v) is 4.17. The quantitative estimate of drug-likeness (QED) is 0.631. The minimum Gasteiger partial charge on any atom is -0.398 e. The zero-order valence-electron chi connectivity index (χ0n) is 12.3. The number of nitrogens with one attached hydrogen (secondary N) is 1. The van der Waals surface area contributed by atoms with Crippen LogP contribution in [0.3, 0.4) is 0 Å². The molecule has 2 rings (SSSR count). The van der Waals surface area contributed by atoms with Gasteiger partial charge in [-0.25, -0.2) is 0 Å². The van der Waals surface area contributed by atoms with Crippen molar-refractivity contribution in [1.29, 1.82) is 0 Å². The maximum Gasteiger partial charge on any atom is 0.0364 e. The molecule has 3 heteroatoms. The number of anilines is 2. The van der Waals surface area contributed by atoms with Crippen molar-refractivity contribution >= 4 is 11.4 Å². The molecule has 19 heavy (non-hydrogen) atoms. The van der Waals surface area contributed by atoms with Crippen molar-refractivity contribution in [3.05, 3.63) is 23.8 Å². The lowest BCUT2D eigenvalue weighted by Gasteiger charge is -2.33. The van der Waals surface area contributed by atoms with Gasteiger partial charge in [0, 0.05) is 30.5 Å². The fourth-order valence-corrected chi connectivity index (χ4v) is 2.76. The van der Waals surface area contributed by atoms with Gasteiger partial charge in [-0.2, -0.15) is 0 Å². The van der Waals surface area contributed by atoms with Crippen LogP contribution < -0.4 is 11.1 Å². The fourth-order valence-electron chi connectivity index (χ4n) is 2.76. The molecule has 0 aliphatic carbocycles. The van der Waals surface area contributed by atoms with Crippen molar-refractivity contribution in [2.45, 2.75) is 45.6 Å². The van der Waals surface area contributed by atoms with Gasteiger partial charge in [-0.3, -0.25) is 0 Å². The molecular weight excluding hydrogens is 234 g/mol. The highest BCUT2D eigenvalue weighted by Gasteiger charge is 2.16. The van der Waals surface area contributed by atoms with E-state index in [-0.39, 0.29) is 0 Å². The summed E-state index contributed by atoms with van der Waals surface area (Å²) in [5.74, 6) is 0. The van der Waals surface area contributed by atoms with Crippen LogP contribution in [0.2, 0.25) is 0 Å². The lowest BCUT2D eigenvalue weighted by molar-refractivity contribution is 0.160. The Balaban J connectivity index is 1.70. The Bertz CT molecular complexity index is 403. The number of rotatable bonds is 5. The number of benzene rings is 1. The predicted octanol–water partition coefficient (Wildman–Crippen LogP) is 3.25. The molecule has 106 valence electrons. The van der Waals surface area contributed by atoms with Crippen molar-refractivity contribution in [1.82, 2.24) is 4.90 Å². The molecule has 0 amide bonds. The normalized spacial score (nSPS) is 20.4. The molecule has 0 saturated carbocycles. The van der Waals surface area contributed by atoms with Crippen LogP contribution in [0, 0.1) is 6.92 Å². The van der Waals surface area contributed by atoms with Crippen LogP contribution in [0.1, 0.15) is 38.2 Å². The van der Waals surface area contributed by atoms with Crippen LogP contribution in [0.25, 0.3) is 0 Å². The molecule has 1 atom stereocenters. The van der Waals surface area contributed by atoms with E-state index in [9.17, 15) is 0 Å². The van der Waals surface area contributed by atoms with E-state index in [1.54, 1.807) is 0 Å². The Morgan fingerprint density at radius 3 is 2.95 bits per heavy atom. The molecule has 3 N–H and O–H groups in total. The molecule has 1 saturated heterocycles. The first-order valence-corrected chi connectivity index (χ1v) is 7.51. The van der Waals surface area contributed by atoms with Crippen LogP contribution in [0.5, 0.6) is 0 Å². The highest BCUT2D eigenvalue weighted by atomic mass is 15.2. The van der Waals surface area contributed by atoms with E-state index in [1.165, 1.54) is 38.8 Å². The molecular formula is C16H27N3. The van der Waals surface area contributed by atoms with Gasteiger partial charge in [0.2, 0.25) is 0 Å². The van der Waals surface area contributed by atoms with E-state index < -0.39 is 0 Å². The fraction of sp³-hybridized carbons (Fsp3) is 0.625. The van der Waals surface area contributed by atoms with Crippen LogP contribution >= 0.6 is 0 Å². The lowest BCUT2D eigenvalue weighted by atomic mass is 10.0. The number of nitrogens with zero attached hydrogens (tertiary/aromatic N) is 1. The topological polar surface area (TPSA) is 41.3 Å². The Labute approximate surface area is 117 Å². The summed E-state index contributed by atoms with van der Waals surface area (Å²) in [6.45, 7) is 7.89. The molecule has 1 aliphatic heterocycles. The summed E-state index contributed by atoms with van der Waals surface area (Å²) >= 11 is 0. The van der Waals surface area contributed by atoms with Crippen molar-refractivity contribution < 1.29 is 0 Å². The maximum absolute atomic E-state index is 5.91. The minimum absolute atomic E-state index is 0.767. The second-order valence-electron chi connectivity index (χ2n) is 5.73. The highest BCUT2D eigenvalue weighted by molar-refractivity contribution is 5.58. The van der Waals surface area contributed by atoms with Crippen LogP contribution in [-0.4, -0.2) is 30.6 Å². The van der Waals surface area contributed by atoms with Crippen molar-refractivity contribution in [2.24, 2.45) is 0 Å². The number of aryl methyl sites for hydroxylation is 1. The first kappa shape index (κ1) is 14.2. The zero-order valence-corrected chi connectivity index (χ0v) is 12.3. The zero-order chi connectivity index (χ0) is 13.7. The van der Waals surface area contributed by atoms with Crippen molar-refractivity contribution in [2.75, 3.05) is 30.7 Å². The minimum atomic E-state index is 0.767. The van der Waals surface area contributed by atoms with Gasteiger partial charge in [-0.1, -0.05) is 12.5 Å². The molecule has 1 aliphatic rings. The average molecular weight is 261 g/mol. The molecule has 0 radical (unpaired) electrons. The lowest BCUT2D eigenvalue weighted by Crippen LogP contribution is -2.38. The molecule has 1 fully saturated rings. The predicted molar refractivity (Wildman–Crippen MR) is 83.6 cm³/mol. The molecule has 3 nitrogen and oxygen atoms in total. The van der Waals surface area contributed by atoms with Crippen LogP contribution in [0.15, 0.2) is 18.2 Å². The van der Waals surface area contributed by atoms with E-state index in [0.29, 0.717) is 0 Å². The molecule has 0 bridgehead atoms. The Hall–Kier alpha value is -1.22. The monoisotopic (exact) mass is 261 g/mol. The second kappa shape index (κ2) is 6.80. The van der Waals surface area contributed by atoms with Crippen molar-refractivity contribution in [3.63, 3.8) is 0 Å². The van der Waals surface area contributed by atoms with Gasteiger partial charge in [0.1, 0.15) is 0 Å². The van der Waals surface area contributed by atoms with E-state index in [1.807, 2.05) is 13.0 Å². The van der Waals surface area contributed by atoms with Crippen LogP contribution in [-0.2, 0) is 0 Å². The number of hydrogen-bond acceptors (Lipinski definition) is 3. The molecule has 1 unspecified atom stereocenters. The molecule has 1 aromatic rings. The Morgan fingerprint density at radius 2 is 2.21 bits per heavy atom. The molecule has 1 heterocycles. The van der Waals surface area contributed by atoms with Gasteiger partial charge < -0.3 is 16.0 Å². The second-order valence-corrected chi connectivity index (χ2v) is 5.73. The summed E-state index contributed by atoms with van der Waals surface area (Å²) in [6.07, 6.45) is 5.32. The van der Waals surface area contributed by atoms with Crippen LogP contribution in [0.4, 0.5) is 11.4 Å². The highest BCUT2D eigenvalue weighted by Crippen LogP contribution is 2.18. The summed E-state index contributed by atoms with van der Waals surface area (Å²) in [5, 5.41) is 3.46. The first-order valence-electron chi connectivity index (χ1n) is 7.51. The van der Waals surface area contributed by atoms with Gasteiger partial charge in [0.15, 0.2) is 0 Å². The molecule has 0 spiro atoms. The summed E-state index contributed by atoms with van der Waals surface area (Å²) in [5.41, 5.74) is 9.06. The van der Waals surface area contributed by atoms with Crippen molar-refractivity contribution in [3.8, 4) is 0 Å². The van der Waals surface area contributed by atoms with Gasteiger partial charge in [0.25, 0.3) is 0 Å². The number of hydrogen-bond donors (Lipinski definition) is 2. The van der Waals surface area contributed by atoms with Gasteiger partial charge in [-0.15, -0.1) is 0 Å². The number of nitrogen functional groups attached to an aromatic ring is 1. The number of nitrogens with two attached hydrogens (primary N) is 1. The van der Waals surface area contributed by atoms with Gasteiger partial charge in [-0.05, 0) is 57.4 Å². The summed E-state index contributed by atoms with van der Waals surface area (Å²) < 4.78 is 0. The van der Waals surface area contributed by atoms with E-state index in [2.05, 4.69) is 29.3 Å². The van der Waals surface area contributed by atoms with E-state index in [0.717, 1.165) is 29.5 Å². The summed E-state index contributed by atoms with van der Waals surface area (Å²) in [6, 6.07) is 6.97. The molecule has 0 aromatic heterocycles. The third-order valence-electron chi connectivity index (χ3n) is 4.17. The SMILES string of the molecule is Cc1ccc(NCCCN2CCCCC2C)cc1N. The molecule has 1 aromatic carbocycles. The standard InChI is InChI=1S/C16H27N3/c1-13-7-8-15(12-16(13)17)18-9-5-11-19-10-4-3-6-14(19)2/h7-8,12,14,18H,3-6,9-11,17H2,1-2H3. The van der Waals surface area contributed by atoms with Gasteiger partial charge >= 0.3 is 0 Å². The Morgan fingerprint density at radius 1 is 1.37 bits per heavy atom. The maximum atomic E-state index is 5.91. The first-order chi connectivity index (χ1) is 9.16. The summed E-state index contributed by atoms with van der Waals surface area (Å²) in [7, 11) is 0. The van der Waals surface area contributed by atoms with E-state index in [4.69, 9.17) is 5.73 Å². The largest absolute Gasteiger partial charge is 0.398 e. The smallest absolute Gasteiger partial charge is 0.0364 e. The number of piperidine rings is 1. The summed E-state index contributed by atoms with van der Waals surface area (Å²) in [4.78, 5) is 2.62. The third kappa shape index (κ3) is 4.13. The van der Waals surface area contributed by atoms with Gasteiger partial charge in [0.05, 0.1) is 0 Å². The average Bonchev–Trinajstić information content (AvgIpc) is 2.40. The number of likely N-dealkylation sites (tertiary alicyclic amines) is 1. The Kier molecular flexibility index (Phi) is 5.08. The van der Waals surface area contributed by atoms with E-state index >= 15 is 0 Å².